The molecule has 1 aromatic carbocycles. The molecule has 2 aromatic rings. The first-order valence-corrected chi connectivity index (χ1v) is 4.46. The van der Waals surface area contributed by atoms with Crippen LogP contribution in [0.1, 0.15) is 5.69 Å². The van der Waals surface area contributed by atoms with Gasteiger partial charge in [0.1, 0.15) is 0 Å². The molecule has 13 heavy (non-hydrogen) atoms. The molecule has 0 saturated carbocycles. The Morgan fingerprint density at radius 1 is 1.23 bits per heavy atom. The van der Waals surface area contributed by atoms with E-state index in [1.807, 2.05) is 30.3 Å². The average molecular weight is 194 g/mol. The number of hydrogen-bond acceptors (Lipinski definition) is 2. The van der Waals surface area contributed by atoms with E-state index in [-0.39, 0.29) is 0 Å². The van der Waals surface area contributed by atoms with Crippen molar-refractivity contribution < 1.29 is 0 Å². The topological polar surface area (TPSA) is 30.7 Å². The maximum Gasteiger partial charge on any atom is 0.0793 e. The molecule has 3 nitrogen and oxygen atoms in total. The summed E-state index contributed by atoms with van der Waals surface area (Å²) in [6.45, 7) is 0. The first-order valence-electron chi connectivity index (χ1n) is 3.93. The molecule has 0 fully saturated rings. The Bertz CT molecular complexity index is 383. The third-order valence-corrected chi connectivity index (χ3v) is 2.03. The highest BCUT2D eigenvalue weighted by Crippen LogP contribution is 2.09. The molecule has 0 atom stereocenters. The van der Waals surface area contributed by atoms with E-state index in [9.17, 15) is 0 Å². The van der Waals surface area contributed by atoms with E-state index < -0.39 is 0 Å². The van der Waals surface area contributed by atoms with Gasteiger partial charge in [-0.05, 0) is 12.1 Å². The zero-order valence-corrected chi connectivity index (χ0v) is 7.65. The predicted molar refractivity (Wildman–Crippen MR) is 50.9 cm³/mol. The predicted octanol–water partition coefficient (Wildman–Crippen LogP) is 2.01. The van der Waals surface area contributed by atoms with Gasteiger partial charge >= 0.3 is 0 Å². The molecule has 0 amide bonds. The standard InChI is InChI=1S/C9H8ClN3/c10-6-9-7-11-12-13(9)8-4-2-1-3-5-8/h1-5,7H,6H2. The largest absolute Gasteiger partial charge is 0.216 e. The molecular formula is C9H8ClN3. The summed E-state index contributed by atoms with van der Waals surface area (Å²) >= 11 is 5.72. The van der Waals surface area contributed by atoms with Gasteiger partial charge in [-0.3, -0.25) is 0 Å². The minimum atomic E-state index is 0.419. The minimum Gasteiger partial charge on any atom is -0.216 e. The fourth-order valence-corrected chi connectivity index (χ4v) is 1.32. The lowest BCUT2D eigenvalue weighted by Crippen LogP contribution is -1.99. The number of alkyl halides is 1. The first kappa shape index (κ1) is 8.26. The van der Waals surface area contributed by atoms with Crippen LogP contribution in [0.15, 0.2) is 36.5 Å². The maximum atomic E-state index is 5.72. The normalized spacial score (nSPS) is 10.2. The van der Waals surface area contributed by atoms with Crippen LogP contribution in [0.5, 0.6) is 0 Å². The van der Waals surface area contributed by atoms with Crippen LogP contribution < -0.4 is 0 Å². The molecule has 0 bridgehead atoms. The number of para-hydroxylation sites is 1. The molecule has 66 valence electrons. The summed E-state index contributed by atoms with van der Waals surface area (Å²) in [6, 6.07) is 9.79. The van der Waals surface area contributed by atoms with E-state index in [4.69, 9.17) is 11.6 Å². The van der Waals surface area contributed by atoms with Crippen LogP contribution in [0.2, 0.25) is 0 Å². The molecule has 0 aliphatic heterocycles. The van der Waals surface area contributed by atoms with Crippen molar-refractivity contribution in [3.63, 3.8) is 0 Å². The third kappa shape index (κ3) is 1.55. The zero-order valence-electron chi connectivity index (χ0n) is 6.89. The molecule has 0 radical (unpaired) electrons. The van der Waals surface area contributed by atoms with Crippen LogP contribution in [-0.4, -0.2) is 15.0 Å². The van der Waals surface area contributed by atoms with Crippen LogP contribution in [0.3, 0.4) is 0 Å². The Labute approximate surface area is 81.0 Å². The summed E-state index contributed by atoms with van der Waals surface area (Å²) in [7, 11) is 0. The molecule has 0 N–H and O–H groups in total. The molecule has 2 rings (SSSR count). The van der Waals surface area contributed by atoms with Gasteiger partial charge < -0.3 is 0 Å². The molecule has 0 saturated heterocycles. The average Bonchev–Trinajstić information content (AvgIpc) is 2.67. The lowest BCUT2D eigenvalue weighted by molar-refractivity contribution is 0.781. The van der Waals surface area contributed by atoms with E-state index in [1.165, 1.54) is 0 Å². The summed E-state index contributed by atoms with van der Waals surface area (Å²) in [4.78, 5) is 0. The van der Waals surface area contributed by atoms with Crippen molar-refractivity contribution in [3.05, 3.63) is 42.2 Å². The Morgan fingerprint density at radius 2 is 2.00 bits per heavy atom. The summed E-state index contributed by atoms with van der Waals surface area (Å²) in [5.74, 6) is 0.419. The Balaban J connectivity index is 2.47. The van der Waals surface area contributed by atoms with Crippen molar-refractivity contribution in [2.24, 2.45) is 0 Å². The van der Waals surface area contributed by atoms with Gasteiger partial charge in [0.25, 0.3) is 0 Å². The van der Waals surface area contributed by atoms with E-state index in [0.717, 1.165) is 11.4 Å². The van der Waals surface area contributed by atoms with Gasteiger partial charge in [0.2, 0.25) is 0 Å². The second kappa shape index (κ2) is 3.58. The molecule has 0 aliphatic carbocycles. The van der Waals surface area contributed by atoms with Gasteiger partial charge in [-0.2, -0.15) is 0 Å². The van der Waals surface area contributed by atoms with Crippen LogP contribution in [0, 0.1) is 0 Å². The van der Waals surface area contributed by atoms with E-state index in [2.05, 4.69) is 10.3 Å². The van der Waals surface area contributed by atoms with Crippen molar-refractivity contribution in [2.75, 3.05) is 0 Å². The molecular weight excluding hydrogens is 186 g/mol. The highest BCUT2D eigenvalue weighted by molar-refractivity contribution is 6.16. The van der Waals surface area contributed by atoms with Crippen LogP contribution in [0.4, 0.5) is 0 Å². The number of benzene rings is 1. The van der Waals surface area contributed by atoms with E-state index >= 15 is 0 Å². The summed E-state index contributed by atoms with van der Waals surface area (Å²) in [5, 5.41) is 7.74. The number of rotatable bonds is 2. The molecule has 1 heterocycles. The number of nitrogens with zero attached hydrogens (tertiary/aromatic N) is 3. The molecule has 0 aliphatic rings. The molecule has 0 spiro atoms. The number of halogens is 1. The van der Waals surface area contributed by atoms with Gasteiger partial charge in [-0.1, -0.05) is 23.4 Å². The van der Waals surface area contributed by atoms with E-state index in [1.54, 1.807) is 10.9 Å². The second-order valence-corrected chi connectivity index (χ2v) is 2.87. The highest BCUT2D eigenvalue weighted by atomic mass is 35.5. The summed E-state index contributed by atoms with van der Waals surface area (Å²) < 4.78 is 1.73. The van der Waals surface area contributed by atoms with Crippen molar-refractivity contribution in [2.45, 2.75) is 5.88 Å². The van der Waals surface area contributed by atoms with Crippen molar-refractivity contribution in [1.29, 1.82) is 0 Å². The monoisotopic (exact) mass is 193 g/mol. The van der Waals surface area contributed by atoms with E-state index in [0.29, 0.717) is 5.88 Å². The second-order valence-electron chi connectivity index (χ2n) is 2.61. The van der Waals surface area contributed by atoms with Gasteiger partial charge in [0.05, 0.1) is 23.5 Å². The smallest absolute Gasteiger partial charge is 0.0793 e. The zero-order chi connectivity index (χ0) is 9.10. The fourth-order valence-electron chi connectivity index (χ4n) is 1.13. The Kier molecular flexibility index (Phi) is 2.27. The molecule has 1 aromatic heterocycles. The summed E-state index contributed by atoms with van der Waals surface area (Å²) in [6.07, 6.45) is 1.67. The third-order valence-electron chi connectivity index (χ3n) is 1.76. The van der Waals surface area contributed by atoms with Crippen LogP contribution >= 0.6 is 11.6 Å². The van der Waals surface area contributed by atoms with Crippen LogP contribution in [0.25, 0.3) is 5.69 Å². The van der Waals surface area contributed by atoms with Gasteiger partial charge in [-0.25, -0.2) is 4.68 Å². The Hall–Kier alpha value is -1.35. The molecule has 4 heteroatoms. The van der Waals surface area contributed by atoms with Crippen molar-refractivity contribution >= 4 is 11.6 Å². The van der Waals surface area contributed by atoms with Crippen molar-refractivity contribution in [3.8, 4) is 5.69 Å². The van der Waals surface area contributed by atoms with Crippen LogP contribution in [-0.2, 0) is 5.88 Å². The SMILES string of the molecule is ClCc1cnnn1-c1ccccc1. The lowest BCUT2D eigenvalue weighted by Gasteiger charge is -2.01. The minimum absolute atomic E-state index is 0.419. The quantitative estimate of drug-likeness (QED) is 0.684. The van der Waals surface area contributed by atoms with Gasteiger partial charge in [0.15, 0.2) is 0 Å². The fraction of sp³-hybridized carbons (Fsp3) is 0.111. The van der Waals surface area contributed by atoms with Gasteiger partial charge in [0, 0.05) is 0 Å². The van der Waals surface area contributed by atoms with Crippen molar-refractivity contribution in [1.82, 2.24) is 15.0 Å². The first-order chi connectivity index (χ1) is 6.42. The highest BCUT2D eigenvalue weighted by Gasteiger charge is 2.02. The number of aromatic nitrogens is 3. The summed E-state index contributed by atoms with van der Waals surface area (Å²) in [5.41, 5.74) is 1.88. The Morgan fingerprint density at radius 3 is 2.69 bits per heavy atom. The number of hydrogen-bond donors (Lipinski definition) is 0. The lowest BCUT2D eigenvalue weighted by atomic mass is 10.3. The maximum absolute atomic E-state index is 5.72. The van der Waals surface area contributed by atoms with Gasteiger partial charge in [-0.15, -0.1) is 16.7 Å². The molecule has 0 unspecified atom stereocenters.